The molecule has 1 saturated heterocycles. The zero-order chi connectivity index (χ0) is 11.3. The normalized spacial score (nSPS) is 32.1. The number of likely N-dealkylation sites (tertiary alicyclic amines) is 1. The van der Waals surface area contributed by atoms with E-state index in [0.29, 0.717) is 12.1 Å². The lowest BCUT2D eigenvalue weighted by molar-refractivity contribution is 0.122. The number of nitrogens with one attached hydrogen (secondary N) is 1. The summed E-state index contributed by atoms with van der Waals surface area (Å²) in [5, 5.41) is 3.63. The van der Waals surface area contributed by atoms with E-state index in [1.54, 1.807) is 0 Å². The zero-order valence-corrected chi connectivity index (χ0v) is 10.5. The molecule has 0 saturated carbocycles. The van der Waals surface area contributed by atoms with Gasteiger partial charge in [-0.3, -0.25) is 0 Å². The molecule has 1 N–H and O–H groups in total. The molecule has 1 fully saturated rings. The Bertz CT molecular complexity index is 239. The molecular weight excluding hydrogens is 184 g/mol. The minimum absolute atomic E-state index is 0.676. The first kappa shape index (κ1) is 12.5. The molecule has 0 bridgehead atoms. The van der Waals surface area contributed by atoms with Gasteiger partial charge in [-0.25, -0.2) is 0 Å². The van der Waals surface area contributed by atoms with E-state index in [2.05, 4.69) is 43.0 Å². The predicted octanol–water partition coefficient (Wildman–Crippen LogP) is 1.72. The summed E-state index contributed by atoms with van der Waals surface area (Å²) in [6.45, 7) is 8.79. The molecule has 0 aromatic heterocycles. The number of hydrogen-bond acceptors (Lipinski definition) is 2. The topological polar surface area (TPSA) is 15.3 Å². The van der Waals surface area contributed by atoms with E-state index in [1.807, 2.05) is 6.92 Å². The van der Waals surface area contributed by atoms with Gasteiger partial charge in [0.25, 0.3) is 0 Å². The lowest BCUT2D eigenvalue weighted by Crippen LogP contribution is -2.50. The van der Waals surface area contributed by atoms with Crippen molar-refractivity contribution in [3.63, 3.8) is 0 Å². The van der Waals surface area contributed by atoms with E-state index in [9.17, 15) is 0 Å². The molecule has 0 spiro atoms. The SMILES string of the molecule is CC#CCCNC1CC(C)N(C)CC1C. The molecule has 2 heteroatoms. The van der Waals surface area contributed by atoms with Crippen LogP contribution in [0.2, 0.25) is 0 Å². The minimum atomic E-state index is 0.676. The van der Waals surface area contributed by atoms with Crippen molar-refractivity contribution in [2.75, 3.05) is 20.1 Å². The van der Waals surface area contributed by atoms with Crippen LogP contribution in [0.25, 0.3) is 0 Å². The van der Waals surface area contributed by atoms with Crippen molar-refractivity contribution in [3.8, 4) is 11.8 Å². The van der Waals surface area contributed by atoms with Crippen molar-refractivity contribution in [3.05, 3.63) is 0 Å². The van der Waals surface area contributed by atoms with E-state index in [-0.39, 0.29) is 0 Å². The Morgan fingerprint density at radius 3 is 2.80 bits per heavy atom. The largest absolute Gasteiger partial charge is 0.313 e. The van der Waals surface area contributed by atoms with Crippen LogP contribution in [0.5, 0.6) is 0 Å². The fraction of sp³-hybridized carbons (Fsp3) is 0.846. The molecule has 86 valence electrons. The average Bonchev–Trinajstić information content (AvgIpc) is 2.20. The van der Waals surface area contributed by atoms with E-state index in [1.165, 1.54) is 13.0 Å². The maximum atomic E-state index is 3.63. The van der Waals surface area contributed by atoms with Gasteiger partial charge in [-0.15, -0.1) is 11.8 Å². The highest BCUT2D eigenvalue weighted by molar-refractivity contribution is 4.96. The summed E-state index contributed by atoms with van der Waals surface area (Å²) in [4.78, 5) is 2.45. The second-order valence-corrected chi connectivity index (χ2v) is 4.74. The van der Waals surface area contributed by atoms with Crippen LogP contribution in [-0.4, -0.2) is 37.1 Å². The lowest BCUT2D eigenvalue weighted by atomic mass is 9.90. The molecule has 1 aliphatic heterocycles. The van der Waals surface area contributed by atoms with E-state index in [0.717, 1.165) is 18.9 Å². The van der Waals surface area contributed by atoms with Gasteiger partial charge in [-0.05, 0) is 33.2 Å². The summed E-state index contributed by atoms with van der Waals surface area (Å²) >= 11 is 0. The Labute approximate surface area is 94.4 Å². The van der Waals surface area contributed by atoms with Gasteiger partial charge in [0, 0.05) is 31.6 Å². The standard InChI is InChI=1S/C13H24N2/c1-5-6-7-8-14-13-9-12(3)15(4)10-11(13)2/h11-14H,7-10H2,1-4H3. The monoisotopic (exact) mass is 208 g/mol. The molecule has 1 aliphatic rings. The first-order chi connectivity index (χ1) is 7.15. The number of hydrogen-bond donors (Lipinski definition) is 1. The van der Waals surface area contributed by atoms with Crippen LogP contribution in [0.1, 0.15) is 33.6 Å². The fourth-order valence-corrected chi connectivity index (χ4v) is 2.27. The maximum Gasteiger partial charge on any atom is 0.0214 e. The van der Waals surface area contributed by atoms with Crippen LogP contribution < -0.4 is 5.32 Å². The molecule has 1 heterocycles. The second-order valence-electron chi connectivity index (χ2n) is 4.74. The quantitative estimate of drug-likeness (QED) is 0.561. The van der Waals surface area contributed by atoms with Crippen molar-refractivity contribution in [2.45, 2.75) is 45.7 Å². The van der Waals surface area contributed by atoms with Gasteiger partial charge in [0.1, 0.15) is 0 Å². The molecule has 1 rings (SSSR count). The highest BCUT2D eigenvalue weighted by atomic mass is 15.2. The van der Waals surface area contributed by atoms with Gasteiger partial charge in [0.15, 0.2) is 0 Å². The zero-order valence-electron chi connectivity index (χ0n) is 10.5. The summed E-state index contributed by atoms with van der Waals surface area (Å²) in [5.41, 5.74) is 0. The van der Waals surface area contributed by atoms with Gasteiger partial charge in [0.2, 0.25) is 0 Å². The van der Waals surface area contributed by atoms with Crippen molar-refractivity contribution < 1.29 is 0 Å². The average molecular weight is 208 g/mol. The maximum absolute atomic E-state index is 3.63. The van der Waals surface area contributed by atoms with E-state index < -0.39 is 0 Å². The fourth-order valence-electron chi connectivity index (χ4n) is 2.27. The molecule has 0 radical (unpaired) electrons. The highest BCUT2D eigenvalue weighted by Crippen LogP contribution is 2.20. The van der Waals surface area contributed by atoms with Crippen LogP contribution in [0.3, 0.4) is 0 Å². The third kappa shape index (κ3) is 3.85. The van der Waals surface area contributed by atoms with Crippen LogP contribution in [0, 0.1) is 17.8 Å². The first-order valence-electron chi connectivity index (χ1n) is 5.98. The van der Waals surface area contributed by atoms with Crippen molar-refractivity contribution in [1.82, 2.24) is 10.2 Å². The number of piperidine rings is 1. The van der Waals surface area contributed by atoms with Gasteiger partial charge >= 0.3 is 0 Å². The van der Waals surface area contributed by atoms with Gasteiger partial charge in [0.05, 0.1) is 0 Å². The molecule has 0 aliphatic carbocycles. The first-order valence-corrected chi connectivity index (χ1v) is 5.98. The summed E-state index contributed by atoms with van der Waals surface area (Å²) in [6, 6.07) is 1.38. The summed E-state index contributed by atoms with van der Waals surface area (Å²) in [6.07, 6.45) is 2.24. The third-order valence-corrected chi connectivity index (χ3v) is 3.44. The third-order valence-electron chi connectivity index (χ3n) is 3.44. The van der Waals surface area contributed by atoms with Crippen molar-refractivity contribution >= 4 is 0 Å². The summed E-state index contributed by atoms with van der Waals surface area (Å²) < 4.78 is 0. The highest BCUT2D eigenvalue weighted by Gasteiger charge is 2.27. The smallest absolute Gasteiger partial charge is 0.0214 e. The second kappa shape index (κ2) is 6.15. The van der Waals surface area contributed by atoms with Crippen LogP contribution in [-0.2, 0) is 0 Å². The molecule has 0 aromatic carbocycles. The van der Waals surface area contributed by atoms with Crippen LogP contribution in [0.15, 0.2) is 0 Å². The molecule has 0 amide bonds. The molecule has 0 aromatic rings. The Kier molecular flexibility index (Phi) is 5.14. The Morgan fingerprint density at radius 2 is 2.13 bits per heavy atom. The Hall–Kier alpha value is -0.520. The number of rotatable bonds is 3. The predicted molar refractivity (Wildman–Crippen MR) is 65.7 cm³/mol. The molecule has 3 atom stereocenters. The van der Waals surface area contributed by atoms with Gasteiger partial charge in [-0.1, -0.05) is 6.92 Å². The molecule has 2 nitrogen and oxygen atoms in total. The van der Waals surface area contributed by atoms with Gasteiger partial charge < -0.3 is 10.2 Å². The van der Waals surface area contributed by atoms with Gasteiger partial charge in [-0.2, -0.15) is 0 Å². The summed E-state index contributed by atoms with van der Waals surface area (Å²) in [5.74, 6) is 6.78. The minimum Gasteiger partial charge on any atom is -0.313 e. The Morgan fingerprint density at radius 1 is 1.40 bits per heavy atom. The molecule has 15 heavy (non-hydrogen) atoms. The molecular formula is C13H24N2. The van der Waals surface area contributed by atoms with Crippen LogP contribution in [0.4, 0.5) is 0 Å². The molecule has 3 unspecified atom stereocenters. The Balaban J connectivity index is 2.30. The van der Waals surface area contributed by atoms with E-state index in [4.69, 9.17) is 0 Å². The van der Waals surface area contributed by atoms with Crippen LogP contribution >= 0.6 is 0 Å². The van der Waals surface area contributed by atoms with E-state index >= 15 is 0 Å². The lowest BCUT2D eigenvalue weighted by Gasteiger charge is -2.40. The summed E-state index contributed by atoms with van der Waals surface area (Å²) in [7, 11) is 2.22. The number of nitrogens with zero attached hydrogens (tertiary/aromatic N) is 1. The van der Waals surface area contributed by atoms with Crippen molar-refractivity contribution in [2.24, 2.45) is 5.92 Å². The van der Waals surface area contributed by atoms with Crippen molar-refractivity contribution in [1.29, 1.82) is 0 Å².